The summed E-state index contributed by atoms with van der Waals surface area (Å²) in [6, 6.07) is 0. The fraction of sp³-hybridized carbons (Fsp3) is 0.700. The van der Waals surface area contributed by atoms with Gasteiger partial charge in [-0.25, -0.2) is 0 Å². The number of amides is 1. The molecule has 0 radical (unpaired) electrons. The smallest absolute Gasteiger partial charge is 0.299 e. The highest BCUT2D eigenvalue weighted by Gasteiger charge is 2.21. The second-order valence-corrected chi connectivity index (χ2v) is 3.81. The summed E-state index contributed by atoms with van der Waals surface area (Å²) in [6.07, 6.45) is 2.03. The molecule has 1 amide bonds. The van der Waals surface area contributed by atoms with E-state index in [1.54, 1.807) is 12.0 Å². The quantitative estimate of drug-likeness (QED) is 0.699. The zero-order valence-corrected chi connectivity index (χ0v) is 9.84. The summed E-state index contributed by atoms with van der Waals surface area (Å²) < 4.78 is 5.09. The Morgan fingerprint density at radius 1 is 1.57 bits per heavy atom. The fourth-order valence-electron chi connectivity index (χ4n) is 1.66. The van der Waals surface area contributed by atoms with Crippen LogP contribution in [-0.4, -0.2) is 37.6 Å². The van der Waals surface area contributed by atoms with Gasteiger partial charge in [0.15, 0.2) is 0 Å². The Morgan fingerprint density at radius 2 is 2.21 bits per heavy atom. The number of hydrogen-bond acceptors (Lipinski definition) is 2. The number of carbonyl (C=O) groups excluding carboxylic acids is 1. The van der Waals surface area contributed by atoms with Gasteiger partial charge in [-0.2, -0.15) is 0 Å². The second-order valence-electron chi connectivity index (χ2n) is 3.41. The first-order valence-electron chi connectivity index (χ1n) is 4.67. The van der Waals surface area contributed by atoms with E-state index in [9.17, 15) is 4.79 Å². The number of rotatable bonds is 2. The molecule has 0 atom stereocenters. The highest BCUT2D eigenvalue weighted by Crippen LogP contribution is 2.16. The fourth-order valence-corrected chi connectivity index (χ4v) is 1.83. The van der Waals surface area contributed by atoms with E-state index >= 15 is 0 Å². The Balaban J connectivity index is 2.34. The van der Waals surface area contributed by atoms with Gasteiger partial charge in [0.1, 0.15) is 0 Å². The molecular formula is C10H14BrNO2. The van der Waals surface area contributed by atoms with Crippen LogP contribution in [0.3, 0.4) is 0 Å². The normalized spacial score (nSPS) is 17.4. The predicted octanol–water partition coefficient (Wildman–Crippen LogP) is 1.23. The zero-order valence-electron chi connectivity index (χ0n) is 8.25. The summed E-state index contributed by atoms with van der Waals surface area (Å²) in [7, 11) is 1.72. The molecule has 1 rings (SSSR count). The first kappa shape index (κ1) is 11.5. The third-order valence-corrected chi connectivity index (χ3v) is 2.66. The van der Waals surface area contributed by atoms with Gasteiger partial charge in [-0.1, -0.05) is 0 Å². The van der Waals surface area contributed by atoms with Crippen molar-refractivity contribution in [3.63, 3.8) is 0 Å². The molecule has 0 aliphatic carbocycles. The van der Waals surface area contributed by atoms with E-state index in [1.165, 1.54) is 0 Å². The summed E-state index contributed by atoms with van der Waals surface area (Å²) in [6.45, 7) is 2.40. The zero-order chi connectivity index (χ0) is 10.4. The number of likely N-dealkylation sites (tertiary alicyclic amines) is 1. The lowest BCUT2D eigenvalue weighted by Crippen LogP contribution is -2.38. The molecule has 0 aromatic carbocycles. The van der Waals surface area contributed by atoms with Crippen LogP contribution in [0.25, 0.3) is 0 Å². The summed E-state index contributed by atoms with van der Waals surface area (Å²) in [5, 5.41) is 0. The number of halogens is 1. The van der Waals surface area contributed by atoms with Gasteiger partial charge in [-0.15, -0.1) is 0 Å². The maximum absolute atomic E-state index is 11.4. The van der Waals surface area contributed by atoms with Crippen molar-refractivity contribution in [1.82, 2.24) is 4.90 Å². The highest BCUT2D eigenvalue weighted by atomic mass is 79.9. The molecule has 1 aliphatic rings. The number of ether oxygens (including phenoxy) is 1. The molecule has 3 nitrogen and oxygen atoms in total. The molecule has 0 aromatic rings. The lowest BCUT2D eigenvalue weighted by molar-refractivity contribution is -0.126. The first-order valence-corrected chi connectivity index (χ1v) is 5.46. The maximum Gasteiger partial charge on any atom is 0.299 e. The summed E-state index contributed by atoms with van der Waals surface area (Å²) in [4.78, 5) is 15.6. The topological polar surface area (TPSA) is 29.5 Å². The third-order valence-electron chi connectivity index (χ3n) is 2.46. The highest BCUT2D eigenvalue weighted by molar-refractivity contribution is 9.12. The minimum absolute atomic E-state index is 0.0854. The maximum atomic E-state index is 11.4. The molecule has 0 aromatic heterocycles. The minimum Gasteiger partial charge on any atom is -0.384 e. The number of nitrogens with zero attached hydrogens (tertiary/aromatic N) is 1. The Kier molecular flexibility index (Phi) is 4.99. The van der Waals surface area contributed by atoms with Gasteiger partial charge in [-0.3, -0.25) is 4.79 Å². The van der Waals surface area contributed by atoms with E-state index in [2.05, 4.69) is 26.7 Å². The summed E-state index contributed by atoms with van der Waals surface area (Å²) in [5.41, 5.74) is 0. The van der Waals surface area contributed by atoms with E-state index in [-0.39, 0.29) is 5.91 Å². The van der Waals surface area contributed by atoms with Crippen LogP contribution in [0.2, 0.25) is 0 Å². The lowest BCUT2D eigenvalue weighted by atomic mass is 9.98. The number of piperidine rings is 1. The second kappa shape index (κ2) is 6.05. The molecule has 14 heavy (non-hydrogen) atoms. The number of methoxy groups -OCH3 is 1. The van der Waals surface area contributed by atoms with Gasteiger partial charge in [0.05, 0.1) is 0 Å². The molecule has 0 N–H and O–H groups in total. The molecule has 78 valence electrons. The Morgan fingerprint density at radius 3 is 2.71 bits per heavy atom. The minimum atomic E-state index is -0.0854. The third kappa shape index (κ3) is 3.32. The first-order chi connectivity index (χ1) is 6.77. The lowest BCUT2D eigenvalue weighted by Gasteiger charge is -2.30. The van der Waals surface area contributed by atoms with Crippen LogP contribution in [0.1, 0.15) is 12.8 Å². The van der Waals surface area contributed by atoms with Crippen molar-refractivity contribution in [1.29, 1.82) is 0 Å². The predicted molar refractivity (Wildman–Crippen MR) is 57.9 cm³/mol. The van der Waals surface area contributed by atoms with Crippen LogP contribution >= 0.6 is 15.9 Å². The van der Waals surface area contributed by atoms with Gasteiger partial charge >= 0.3 is 0 Å². The van der Waals surface area contributed by atoms with Crippen molar-refractivity contribution in [2.75, 3.05) is 26.8 Å². The van der Waals surface area contributed by atoms with Gasteiger partial charge in [0.25, 0.3) is 5.91 Å². The Labute approximate surface area is 92.9 Å². The van der Waals surface area contributed by atoms with Crippen LogP contribution < -0.4 is 0 Å². The molecule has 1 heterocycles. The van der Waals surface area contributed by atoms with Gasteiger partial charge in [-0.05, 0) is 23.6 Å². The van der Waals surface area contributed by atoms with Crippen LogP contribution in [-0.2, 0) is 9.53 Å². The van der Waals surface area contributed by atoms with E-state index in [4.69, 9.17) is 4.74 Å². The molecule has 1 fully saturated rings. The van der Waals surface area contributed by atoms with Gasteiger partial charge < -0.3 is 9.64 Å². The van der Waals surface area contributed by atoms with Crippen molar-refractivity contribution < 1.29 is 9.53 Å². The van der Waals surface area contributed by atoms with E-state index in [0.29, 0.717) is 5.92 Å². The van der Waals surface area contributed by atoms with Crippen molar-refractivity contribution in [2.45, 2.75) is 12.8 Å². The van der Waals surface area contributed by atoms with Gasteiger partial charge in [0.2, 0.25) is 0 Å². The largest absolute Gasteiger partial charge is 0.384 e. The SMILES string of the molecule is COCC1CCN(C(=O)C#CBr)CC1. The molecule has 0 bridgehead atoms. The van der Waals surface area contributed by atoms with Crippen molar-refractivity contribution in [3.05, 3.63) is 0 Å². The van der Waals surface area contributed by atoms with Crippen molar-refractivity contribution >= 4 is 21.8 Å². The van der Waals surface area contributed by atoms with Crippen LogP contribution in [0.4, 0.5) is 0 Å². The van der Waals surface area contributed by atoms with Crippen LogP contribution in [0, 0.1) is 16.7 Å². The van der Waals surface area contributed by atoms with Crippen LogP contribution in [0.15, 0.2) is 0 Å². The molecule has 1 saturated heterocycles. The average Bonchev–Trinajstić information content (AvgIpc) is 2.20. The van der Waals surface area contributed by atoms with Crippen molar-refractivity contribution in [2.24, 2.45) is 5.92 Å². The monoisotopic (exact) mass is 259 g/mol. The molecule has 0 unspecified atom stereocenters. The molecule has 0 spiro atoms. The average molecular weight is 260 g/mol. The molecule has 1 aliphatic heterocycles. The standard InChI is InChI=1S/C10H14BrNO2/c1-14-8-9-3-6-12(7-4-9)10(13)2-5-11/h9H,3-4,6-8H2,1H3. The molecule has 0 saturated carbocycles. The van der Waals surface area contributed by atoms with E-state index < -0.39 is 0 Å². The van der Waals surface area contributed by atoms with Crippen molar-refractivity contribution in [3.8, 4) is 10.8 Å². The Bertz CT molecular complexity index is 249. The number of carbonyl (C=O) groups is 1. The number of hydrogen-bond donors (Lipinski definition) is 0. The summed E-state index contributed by atoms with van der Waals surface area (Å²) in [5.74, 6) is 3.00. The van der Waals surface area contributed by atoms with Crippen LogP contribution in [0.5, 0.6) is 0 Å². The summed E-state index contributed by atoms with van der Waals surface area (Å²) >= 11 is 2.92. The Hall–Kier alpha value is -0.530. The van der Waals surface area contributed by atoms with Gasteiger partial charge in [0, 0.05) is 48.7 Å². The molecular weight excluding hydrogens is 246 g/mol. The van der Waals surface area contributed by atoms with E-state index in [1.807, 2.05) is 0 Å². The van der Waals surface area contributed by atoms with E-state index in [0.717, 1.165) is 32.5 Å². The molecule has 4 heteroatoms.